The lowest BCUT2D eigenvalue weighted by Crippen LogP contribution is -2.40. The smallest absolute Gasteiger partial charge is 0.416 e. The van der Waals surface area contributed by atoms with E-state index >= 15 is 0 Å². The monoisotopic (exact) mass is 427 g/mol. The highest BCUT2D eigenvalue weighted by molar-refractivity contribution is 7.91. The third-order valence-corrected chi connectivity index (χ3v) is 5.98. The van der Waals surface area contributed by atoms with Gasteiger partial charge in [-0.2, -0.15) is 0 Å². The Bertz CT molecular complexity index is 936. The summed E-state index contributed by atoms with van der Waals surface area (Å²) in [5.41, 5.74) is -0.501. The van der Waals surface area contributed by atoms with E-state index in [2.05, 4.69) is 9.71 Å². The minimum atomic E-state index is -3.68. The van der Waals surface area contributed by atoms with Gasteiger partial charge in [0.2, 0.25) is 10.0 Å². The maximum Gasteiger partial charge on any atom is 0.416 e. The molecule has 2 rings (SSSR count). The van der Waals surface area contributed by atoms with Gasteiger partial charge in [0.15, 0.2) is 0 Å². The topological polar surface area (TPSA) is 126 Å². The van der Waals surface area contributed by atoms with Crippen LogP contribution in [0, 0.1) is 0 Å². The molecule has 9 nitrogen and oxygen atoms in total. The van der Waals surface area contributed by atoms with E-state index in [4.69, 9.17) is 9.84 Å². The fourth-order valence-electron chi connectivity index (χ4n) is 2.06. The summed E-state index contributed by atoms with van der Waals surface area (Å²) in [7, 11) is -3.68. The minimum Gasteiger partial charge on any atom is -0.480 e. The fraction of sp³-hybridized carbons (Fsp3) is 0.353. The van der Waals surface area contributed by atoms with Gasteiger partial charge in [-0.15, -0.1) is 11.3 Å². The van der Waals surface area contributed by atoms with E-state index in [1.54, 1.807) is 44.4 Å². The van der Waals surface area contributed by atoms with E-state index in [0.717, 1.165) is 16.2 Å². The summed E-state index contributed by atoms with van der Waals surface area (Å²) in [5, 5.41) is 10.8. The second-order valence-corrected chi connectivity index (χ2v) is 9.65. The predicted octanol–water partition coefficient (Wildman–Crippen LogP) is 2.45. The molecule has 2 aromatic rings. The Kier molecular flexibility index (Phi) is 6.75. The number of hydrogen-bond acceptors (Lipinski definition) is 7. The van der Waals surface area contributed by atoms with E-state index in [1.165, 1.54) is 12.1 Å². The summed E-state index contributed by atoms with van der Waals surface area (Å²) in [6.45, 7) is 4.21. The normalized spacial score (nSPS) is 11.8. The predicted molar refractivity (Wildman–Crippen MR) is 104 cm³/mol. The average Bonchev–Trinajstić information content (AvgIpc) is 3.12. The molecule has 0 saturated heterocycles. The van der Waals surface area contributed by atoms with Gasteiger partial charge in [-0.25, -0.2) is 22.9 Å². The number of rotatable bonds is 7. The zero-order chi connectivity index (χ0) is 20.9. The number of thiophene rings is 1. The van der Waals surface area contributed by atoms with E-state index < -0.39 is 34.2 Å². The third-order valence-electron chi connectivity index (χ3n) is 3.18. The molecule has 0 aliphatic rings. The van der Waals surface area contributed by atoms with Crippen molar-refractivity contribution in [2.75, 3.05) is 11.4 Å². The minimum absolute atomic E-state index is 0.0458. The van der Waals surface area contributed by atoms with Gasteiger partial charge in [0, 0.05) is 0 Å². The maximum atomic E-state index is 12.4. The van der Waals surface area contributed by atoms with Crippen LogP contribution in [-0.2, 0) is 26.1 Å². The number of carbonyl (C=O) groups is 2. The summed E-state index contributed by atoms with van der Waals surface area (Å²) in [5.74, 6) is -1.19. The number of pyridine rings is 1. The molecule has 2 aromatic heterocycles. The van der Waals surface area contributed by atoms with Gasteiger partial charge in [-0.05, 0) is 44.4 Å². The molecule has 0 aromatic carbocycles. The molecule has 0 bridgehead atoms. The van der Waals surface area contributed by atoms with E-state index in [1.807, 2.05) is 0 Å². The standard InChI is InChI=1S/C17H21N3O6S2/c1-17(2,3)26-16(23)20(11-14(21)22)13-7-4-6-12(19-13)10-18-28(24,25)15-8-5-9-27-15/h4-9,18H,10-11H2,1-3H3,(H,21,22). The van der Waals surface area contributed by atoms with Crippen molar-refractivity contribution in [2.24, 2.45) is 0 Å². The molecule has 0 spiro atoms. The number of amides is 1. The Morgan fingerprint density at radius 1 is 1.25 bits per heavy atom. The molecule has 152 valence electrons. The molecular formula is C17H21N3O6S2. The van der Waals surface area contributed by atoms with Crippen molar-refractivity contribution in [3.05, 3.63) is 41.4 Å². The van der Waals surface area contributed by atoms with Gasteiger partial charge < -0.3 is 9.84 Å². The van der Waals surface area contributed by atoms with Gasteiger partial charge in [0.05, 0.1) is 12.2 Å². The van der Waals surface area contributed by atoms with Gasteiger partial charge >= 0.3 is 12.1 Å². The molecule has 0 saturated carbocycles. The molecular weight excluding hydrogens is 406 g/mol. The van der Waals surface area contributed by atoms with Crippen molar-refractivity contribution in [1.82, 2.24) is 9.71 Å². The molecule has 2 N–H and O–H groups in total. The number of carboxylic acid groups (broad SMARTS) is 1. The van der Waals surface area contributed by atoms with E-state index in [-0.39, 0.29) is 16.6 Å². The molecule has 0 fully saturated rings. The number of nitrogens with one attached hydrogen (secondary N) is 1. The van der Waals surface area contributed by atoms with E-state index in [0.29, 0.717) is 5.69 Å². The molecule has 28 heavy (non-hydrogen) atoms. The molecule has 2 heterocycles. The first-order valence-corrected chi connectivity index (χ1v) is 10.6. The van der Waals surface area contributed by atoms with Crippen LogP contribution in [0.4, 0.5) is 10.6 Å². The molecule has 0 aliphatic carbocycles. The van der Waals surface area contributed by atoms with Crippen LogP contribution in [0.25, 0.3) is 0 Å². The zero-order valence-corrected chi connectivity index (χ0v) is 17.2. The Morgan fingerprint density at radius 2 is 1.96 bits per heavy atom. The van der Waals surface area contributed by atoms with Gasteiger partial charge in [0.25, 0.3) is 0 Å². The number of aromatic nitrogens is 1. The Hall–Kier alpha value is -2.50. The van der Waals surface area contributed by atoms with Crippen molar-refractivity contribution in [1.29, 1.82) is 0 Å². The lowest BCUT2D eigenvalue weighted by molar-refractivity contribution is -0.135. The van der Waals surface area contributed by atoms with Gasteiger partial charge in [-0.3, -0.25) is 9.69 Å². The number of anilines is 1. The van der Waals surface area contributed by atoms with Crippen molar-refractivity contribution >= 4 is 39.2 Å². The number of carboxylic acids is 1. The van der Waals surface area contributed by atoms with Crippen LogP contribution < -0.4 is 9.62 Å². The molecule has 0 atom stereocenters. The molecule has 11 heteroatoms. The summed E-state index contributed by atoms with van der Waals surface area (Å²) < 4.78 is 32.2. The quantitative estimate of drug-likeness (QED) is 0.695. The van der Waals surface area contributed by atoms with Crippen molar-refractivity contribution in [3.8, 4) is 0 Å². The first kappa shape index (κ1) is 21.8. The largest absolute Gasteiger partial charge is 0.480 e. The van der Waals surface area contributed by atoms with Crippen LogP contribution in [0.15, 0.2) is 39.9 Å². The highest BCUT2D eigenvalue weighted by Gasteiger charge is 2.26. The second kappa shape index (κ2) is 8.67. The average molecular weight is 428 g/mol. The summed E-state index contributed by atoms with van der Waals surface area (Å²) in [6, 6.07) is 7.67. The molecule has 0 aliphatic heterocycles. The van der Waals surface area contributed by atoms with Crippen molar-refractivity contribution < 1.29 is 27.9 Å². The molecule has 1 amide bonds. The Labute approximate surface area is 167 Å². The highest BCUT2D eigenvalue weighted by Crippen LogP contribution is 2.18. The van der Waals surface area contributed by atoms with Crippen LogP contribution >= 0.6 is 11.3 Å². The van der Waals surface area contributed by atoms with Crippen LogP contribution in [0.5, 0.6) is 0 Å². The van der Waals surface area contributed by atoms with Crippen LogP contribution in [0.2, 0.25) is 0 Å². The third kappa shape index (κ3) is 6.29. The molecule has 0 radical (unpaired) electrons. The first-order valence-electron chi connectivity index (χ1n) is 8.19. The number of carbonyl (C=O) groups excluding carboxylic acids is 1. The number of hydrogen-bond donors (Lipinski definition) is 2. The first-order chi connectivity index (χ1) is 13.0. The summed E-state index contributed by atoms with van der Waals surface area (Å²) in [6.07, 6.45) is -0.862. The molecule has 0 unspecified atom stereocenters. The van der Waals surface area contributed by atoms with Crippen molar-refractivity contribution in [3.63, 3.8) is 0 Å². The number of sulfonamides is 1. The maximum absolute atomic E-state index is 12.4. The Balaban J connectivity index is 2.20. The van der Waals surface area contributed by atoms with Crippen LogP contribution in [0.1, 0.15) is 26.5 Å². The van der Waals surface area contributed by atoms with Gasteiger partial charge in [-0.1, -0.05) is 12.1 Å². The number of ether oxygens (including phenoxy) is 1. The van der Waals surface area contributed by atoms with Gasteiger partial charge in [0.1, 0.15) is 22.2 Å². The fourth-order valence-corrected chi connectivity index (χ4v) is 4.10. The van der Waals surface area contributed by atoms with Crippen LogP contribution in [0.3, 0.4) is 0 Å². The second-order valence-electron chi connectivity index (χ2n) is 6.70. The van der Waals surface area contributed by atoms with E-state index in [9.17, 15) is 18.0 Å². The summed E-state index contributed by atoms with van der Waals surface area (Å²) in [4.78, 5) is 28.6. The van der Waals surface area contributed by atoms with Crippen molar-refractivity contribution in [2.45, 2.75) is 37.1 Å². The van der Waals surface area contributed by atoms with Crippen LogP contribution in [-0.4, -0.2) is 42.7 Å². The highest BCUT2D eigenvalue weighted by atomic mass is 32.2. The number of aliphatic carboxylic acids is 1. The zero-order valence-electron chi connectivity index (χ0n) is 15.6. The Morgan fingerprint density at radius 3 is 2.54 bits per heavy atom. The SMILES string of the molecule is CC(C)(C)OC(=O)N(CC(=O)O)c1cccc(CNS(=O)(=O)c2cccs2)n1. The summed E-state index contributed by atoms with van der Waals surface area (Å²) >= 11 is 1.08. The number of nitrogens with zero attached hydrogens (tertiary/aromatic N) is 2. The lowest BCUT2D eigenvalue weighted by Gasteiger charge is -2.26. The lowest BCUT2D eigenvalue weighted by atomic mass is 10.2.